The summed E-state index contributed by atoms with van der Waals surface area (Å²) in [7, 11) is 1.61. The molecule has 0 unspecified atom stereocenters. The SMILES string of the molecule is CCN(CC)c1cc(C)c2cc(NC(=O)Cc3ccccc3OC)ccc2n1. The molecule has 0 saturated heterocycles. The van der Waals surface area contributed by atoms with Gasteiger partial charge in [0.05, 0.1) is 19.0 Å². The molecule has 1 N–H and O–H groups in total. The van der Waals surface area contributed by atoms with Gasteiger partial charge in [-0.3, -0.25) is 4.79 Å². The fourth-order valence-corrected chi connectivity index (χ4v) is 3.39. The first-order chi connectivity index (χ1) is 13.5. The van der Waals surface area contributed by atoms with Gasteiger partial charge in [-0.25, -0.2) is 4.98 Å². The van der Waals surface area contributed by atoms with Crippen molar-refractivity contribution in [1.29, 1.82) is 0 Å². The van der Waals surface area contributed by atoms with Crippen molar-refractivity contribution in [2.24, 2.45) is 0 Å². The number of aromatic nitrogens is 1. The molecule has 5 heteroatoms. The fraction of sp³-hybridized carbons (Fsp3) is 0.304. The smallest absolute Gasteiger partial charge is 0.228 e. The topological polar surface area (TPSA) is 54.5 Å². The number of fused-ring (bicyclic) bond motifs is 1. The van der Waals surface area contributed by atoms with E-state index in [1.165, 1.54) is 0 Å². The van der Waals surface area contributed by atoms with Crippen molar-refractivity contribution in [3.63, 3.8) is 0 Å². The Morgan fingerprint density at radius 3 is 2.57 bits per heavy atom. The number of benzene rings is 2. The molecule has 1 heterocycles. The molecule has 0 aliphatic carbocycles. The van der Waals surface area contributed by atoms with Crippen LogP contribution in [0, 0.1) is 6.92 Å². The van der Waals surface area contributed by atoms with E-state index in [1.807, 2.05) is 42.5 Å². The molecule has 0 aliphatic heterocycles. The summed E-state index contributed by atoms with van der Waals surface area (Å²) in [4.78, 5) is 19.5. The van der Waals surface area contributed by atoms with Crippen LogP contribution in [0.5, 0.6) is 5.75 Å². The number of nitrogens with one attached hydrogen (secondary N) is 1. The Morgan fingerprint density at radius 2 is 1.86 bits per heavy atom. The lowest BCUT2D eigenvalue weighted by atomic mass is 10.1. The van der Waals surface area contributed by atoms with Crippen molar-refractivity contribution >= 4 is 28.3 Å². The number of methoxy groups -OCH3 is 1. The van der Waals surface area contributed by atoms with Crippen molar-refractivity contribution < 1.29 is 9.53 Å². The van der Waals surface area contributed by atoms with Gasteiger partial charge in [0, 0.05) is 29.7 Å². The van der Waals surface area contributed by atoms with Gasteiger partial charge in [-0.15, -0.1) is 0 Å². The van der Waals surface area contributed by atoms with Gasteiger partial charge in [-0.1, -0.05) is 18.2 Å². The van der Waals surface area contributed by atoms with Crippen LogP contribution in [0.2, 0.25) is 0 Å². The first-order valence-electron chi connectivity index (χ1n) is 9.63. The largest absolute Gasteiger partial charge is 0.496 e. The standard InChI is InChI=1S/C23H27N3O2/c1-5-26(6-2)22-13-16(3)19-15-18(11-12-20(19)25-22)24-23(27)14-17-9-7-8-10-21(17)28-4/h7-13,15H,5-6,14H2,1-4H3,(H,24,27). The molecule has 0 spiro atoms. The number of nitrogens with zero attached hydrogens (tertiary/aromatic N) is 2. The molecule has 28 heavy (non-hydrogen) atoms. The van der Waals surface area contributed by atoms with Crippen molar-refractivity contribution in [3.8, 4) is 5.75 Å². The molecule has 5 nitrogen and oxygen atoms in total. The van der Waals surface area contributed by atoms with Gasteiger partial charge in [0.15, 0.2) is 0 Å². The van der Waals surface area contributed by atoms with Gasteiger partial charge in [-0.05, 0) is 56.7 Å². The predicted molar refractivity (Wildman–Crippen MR) is 115 cm³/mol. The van der Waals surface area contributed by atoms with Crippen LogP contribution in [0.25, 0.3) is 10.9 Å². The van der Waals surface area contributed by atoms with E-state index in [2.05, 4.69) is 37.1 Å². The minimum Gasteiger partial charge on any atom is -0.496 e. The van der Waals surface area contributed by atoms with E-state index in [-0.39, 0.29) is 12.3 Å². The van der Waals surface area contributed by atoms with Gasteiger partial charge in [-0.2, -0.15) is 0 Å². The average Bonchev–Trinajstić information content (AvgIpc) is 2.70. The summed E-state index contributed by atoms with van der Waals surface area (Å²) in [6.07, 6.45) is 0.264. The van der Waals surface area contributed by atoms with Crippen LogP contribution in [0.4, 0.5) is 11.5 Å². The summed E-state index contributed by atoms with van der Waals surface area (Å²) >= 11 is 0. The number of rotatable bonds is 7. The third kappa shape index (κ3) is 4.25. The van der Waals surface area contributed by atoms with E-state index in [1.54, 1.807) is 7.11 Å². The summed E-state index contributed by atoms with van der Waals surface area (Å²) in [6.45, 7) is 8.19. The van der Waals surface area contributed by atoms with Crippen LogP contribution < -0.4 is 15.0 Å². The summed E-state index contributed by atoms with van der Waals surface area (Å²) in [6, 6.07) is 15.5. The zero-order chi connectivity index (χ0) is 20.1. The van der Waals surface area contributed by atoms with Gasteiger partial charge in [0.2, 0.25) is 5.91 Å². The maximum atomic E-state index is 12.5. The molecule has 0 radical (unpaired) electrons. The van der Waals surface area contributed by atoms with Crippen LogP contribution in [0.15, 0.2) is 48.5 Å². The number of para-hydroxylation sites is 1. The third-order valence-corrected chi connectivity index (χ3v) is 4.92. The highest BCUT2D eigenvalue weighted by Gasteiger charge is 2.11. The molecule has 0 aliphatic rings. The minimum absolute atomic E-state index is 0.0748. The lowest BCUT2D eigenvalue weighted by Gasteiger charge is -2.21. The summed E-state index contributed by atoms with van der Waals surface area (Å²) in [5.41, 5.74) is 3.72. The Kier molecular flexibility index (Phi) is 6.14. The molecule has 3 rings (SSSR count). The fourth-order valence-electron chi connectivity index (χ4n) is 3.39. The zero-order valence-electron chi connectivity index (χ0n) is 17.0. The van der Waals surface area contributed by atoms with Crippen molar-refractivity contribution in [3.05, 3.63) is 59.7 Å². The average molecular weight is 377 g/mol. The van der Waals surface area contributed by atoms with Crippen LogP contribution in [-0.2, 0) is 11.2 Å². The van der Waals surface area contributed by atoms with Crippen LogP contribution in [0.3, 0.4) is 0 Å². The Balaban J connectivity index is 1.81. The van der Waals surface area contributed by atoms with Crippen molar-refractivity contribution in [2.45, 2.75) is 27.2 Å². The first kappa shape index (κ1) is 19.7. The Labute approximate surface area is 166 Å². The molecule has 0 atom stereocenters. The van der Waals surface area contributed by atoms with Gasteiger partial charge in [0.1, 0.15) is 11.6 Å². The Bertz CT molecular complexity index is 981. The monoisotopic (exact) mass is 377 g/mol. The van der Waals surface area contributed by atoms with Gasteiger partial charge in [0.25, 0.3) is 0 Å². The van der Waals surface area contributed by atoms with E-state index >= 15 is 0 Å². The van der Waals surface area contributed by atoms with Gasteiger partial charge >= 0.3 is 0 Å². The van der Waals surface area contributed by atoms with Crippen molar-refractivity contribution in [1.82, 2.24) is 4.98 Å². The maximum Gasteiger partial charge on any atom is 0.228 e. The van der Waals surface area contributed by atoms with E-state index in [9.17, 15) is 4.79 Å². The molecule has 2 aromatic carbocycles. The van der Waals surface area contributed by atoms with Crippen LogP contribution in [-0.4, -0.2) is 31.1 Å². The normalized spacial score (nSPS) is 10.7. The predicted octanol–water partition coefficient (Wildman–Crippen LogP) is 4.58. The molecule has 0 fully saturated rings. The summed E-state index contributed by atoms with van der Waals surface area (Å²) in [5.74, 6) is 1.64. The van der Waals surface area contributed by atoms with Crippen LogP contribution in [0.1, 0.15) is 25.0 Å². The second kappa shape index (κ2) is 8.74. The number of amides is 1. The number of anilines is 2. The van der Waals surface area contributed by atoms with E-state index in [0.29, 0.717) is 0 Å². The molecule has 146 valence electrons. The van der Waals surface area contributed by atoms with Crippen LogP contribution >= 0.6 is 0 Å². The number of aryl methyl sites for hydroxylation is 1. The number of carbonyl (C=O) groups is 1. The highest BCUT2D eigenvalue weighted by atomic mass is 16.5. The lowest BCUT2D eigenvalue weighted by molar-refractivity contribution is -0.115. The highest BCUT2D eigenvalue weighted by molar-refractivity contribution is 5.96. The quantitative estimate of drug-likeness (QED) is 0.655. The molecule has 1 amide bonds. The Morgan fingerprint density at radius 1 is 1.11 bits per heavy atom. The summed E-state index contributed by atoms with van der Waals surface area (Å²) < 4.78 is 5.33. The number of carbonyl (C=O) groups excluding carboxylic acids is 1. The summed E-state index contributed by atoms with van der Waals surface area (Å²) in [5, 5.41) is 4.04. The number of ether oxygens (including phenoxy) is 1. The lowest BCUT2D eigenvalue weighted by Crippen LogP contribution is -2.23. The van der Waals surface area contributed by atoms with Gasteiger partial charge < -0.3 is 15.0 Å². The molecule has 1 aromatic heterocycles. The molecular weight excluding hydrogens is 350 g/mol. The maximum absolute atomic E-state index is 12.5. The number of hydrogen-bond acceptors (Lipinski definition) is 4. The van der Waals surface area contributed by atoms with E-state index < -0.39 is 0 Å². The first-order valence-corrected chi connectivity index (χ1v) is 9.63. The van der Waals surface area contributed by atoms with E-state index in [4.69, 9.17) is 9.72 Å². The molecular formula is C23H27N3O2. The molecule has 0 bridgehead atoms. The molecule has 0 saturated carbocycles. The van der Waals surface area contributed by atoms with Crippen molar-refractivity contribution in [2.75, 3.05) is 30.4 Å². The minimum atomic E-state index is -0.0748. The Hall–Kier alpha value is -3.08. The van der Waals surface area contributed by atoms with E-state index in [0.717, 1.165) is 52.4 Å². The highest BCUT2D eigenvalue weighted by Crippen LogP contribution is 2.26. The number of pyridine rings is 1. The zero-order valence-corrected chi connectivity index (χ0v) is 17.0. The second-order valence-electron chi connectivity index (χ2n) is 6.74. The molecule has 3 aromatic rings. The second-order valence-corrected chi connectivity index (χ2v) is 6.74. The number of hydrogen-bond donors (Lipinski definition) is 1. The third-order valence-electron chi connectivity index (χ3n) is 4.92.